The number of hydrogen-bond donors (Lipinski definition) is 1. The molecule has 0 saturated carbocycles. The van der Waals surface area contributed by atoms with Gasteiger partial charge in [-0.25, -0.2) is 0 Å². The summed E-state index contributed by atoms with van der Waals surface area (Å²) in [6, 6.07) is 7.90. The summed E-state index contributed by atoms with van der Waals surface area (Å²) >= 11 is 2.91. The molecule has 0 aliphatic heterocycles. The Morgan fingerprint density at radius 2 is 2.05 bits per heavy atom. The zero-order valence-corrected chi connectivity index (χ0v) is 12.5. The van der Waals surface area contributed by atoms with Gasteiger partial charge >= 0.3 is 0 Å². The molecular weight excluding hydrogens is 278 g/mol. The molecule has 1 aromatic carbocycles. The molecule has 19 heavy (non-hydrogen) atoms. The monoisotopic (exact) mass is 293 g/mol. The maximum Gasteiger partial charge on any atom is 0.234 e. The van der Waals surface area contributed by atoms with Gasteiger partial charge in [0, 0.05) is 5.69 Å². The number of nitrogens with one attached hydrogen (secondary N) is 1. The number of rotatable bonds is 5. The Kier molecular flexibility index (Phi) is 4.93. The molecule has 1 amide bonds. The van der Waals surface area contributed by atoms with Gasteiger partial charge in [-0.05, 0) is 31.0 Å². The SMILES string of the molecule is CCc1ccc(NC(=O)CSc2nnc(C)s2)cc1. The lowest BCUT2D eigenvalue weighted by atomic mass is 10.1. The first kappa shape index (κ1) is 14.0. The summed E-state index contributed by atoms with van der Waals surface area (Å²) in [5, 5.41) is 11.7. The van der Waals surface area contributed by atoms with Gasteiger partial charge in [0.1, 0.15) is 5.01 Å². The van der Waals surface area contributed by atoms with E-state index < -0.39 is 0 Å². The van der Waals surface area contributed by atoms with E-state index in [1.54, 1.807) is 0 Å². The van der Waals surface area contributed by atoms with Crippen LogP contribution in [0.4, 0.5) is 5.69 Å². The minimum absolute atomic E-state index is 0.0258. The first-order valence-corrected chi connectivity index (χ1v) is 7.79. The first-order valence-electron chi connectivity index (χ1n) is 5.99. The van der Waals surface area contributed by atoms with Crippen LogP contribution in [0.25, 0.3) is 0 Å². The number of benzene rings is 1. The quantitative estimate of drug-likeness (QED) is 0.860. The minimum atomic E-state index is -0.0258. The van der Waals surface area contributed by atoms with E-state index in [1.807, 2.05) is 31.2 Å². The standard InChI is InChI=1S/C13H15N3OS2/c1-3-10-4-6-11(7-5-10)14-12(17)8-18-13-16-15-9(2)19-13/h4-7H,3,8H2,1-2H3,(H,14,17). The summed E-state index contributed by atoms with van der Waals surface area (Å²) in [6.45, 7) is 4.01. The zero-order chi connectivity index (χ0) is 13.7. The van der Waals surface area contributed by atoms with Gasteiger partial charge in [0.15, 0.2) is 4.34 Å². The van der Waals surface area contributed by atoms with E-state index in [1.165, 1.54) is 28.7 Å². The summed E-state index contributed by atoms with van der Waals surface area (Å²) in [7, 11) is 0. The molecule has 0 atom stereocenters. The molecule has 0 saturated heterocycles. The molecule has 100 valence electrons. The van der Waals surface area contributed by atoms with Crippen LogP contribution in [0.5, 0.6) is 0 Å². The van der Waals surface area contributed by atoms with Crippen LogP contribution in [0.2, 0.25) is 0 Å². The third-order valence-corrected chi connectivity index (χ3v) is 4.45. The number of amides is 1. The summed E-state index contributed by atoms with van der Waals surface area (Å²) in [6.07, 6.45) is 1.00. The van der Waals surface area contributed by atoms with E-state index in [0.29, 0.717) is 5.75 Å². The van der Waals surface area contributed by atoms with E-state index in [9.17, 15) is 4.79 Å². The van der Waals surface area contributed by atoms with Crippen molar-refractivity contribution in [2.24, 2.45) is 0 Å². The normalized spacial score (nSPS) is 10.4. The first-order chi connectivity index (χ1) is 9.17. The van der Waals surface area contributed by atoms with Crippen LogP contribution >= 0.6 is 23.1 Å². The summed E-state index contributed by atoms with van der Waals surface area (Å²) in [4.78, 5) is 11.8. The number of thioether (sulfide) groups is 1. The number of aromatic nitrogens is 2. The number of aryl methyl sites for hydroxylation is 2. The van der Waals surface area contributed by atoms with Gasteiger partial charge in [-0.1, -0.05) is 42.2 Å². The lowest BCUT2D eigenvalue weighted by Crippen LogP contribution is -2.13. The molecule has 0 aliphatic rings. The van der Waals surface area contributed by atoms with E-state index >= 15 is 0 Å². The molecule has 4 nitrogen and oxygen atoms in total. The molecule has 2 aromatic rings. The van der Waals surface area contributed by atoms with E-state index in [-0.39, 0.29) is 5.91 Å². The average molecular weight is 293 g/mol. The smallest absolute Gasteiger partial charge is 0.234 e. The molecular formula is C13H15N3OS2. The highest BCUT2D eigenvalue weighted by atomic mass is 32.2. The van der Waals surface area contributed by atoms with Gasteiger partial charge in [-0.15, -0.1) is 10.2 Å². The summed E-state index contributed by atoms with van der Waals surface area (Å²) < 4.78 is 0.828. The van der Waals surface area contributed by atoms with E-state index in [4.69, 9.17) is 0 Å². The van der Waals surface area contributed by atoms with Crippen molar-refractivity contribution in [3.63, 3.8) is 0 Å². The molecule has 0 radical (unpaired) electrons. The molecule has 0 fully saturated rings. The second-order valence-corrected chi connectivity index (χ2v) is 6.38. The Labute approximate surface area is 120 Å². The number of nitrogens with zero attached hydrogens (tertiary/aromatic N) is 2. The molecule has 1 N–H and O–H groups in total. The van der Waals surface area contributed by atoms with Gasteiger partial charge in [0.2, 0.25) is 5.91 Å². The molecule has 0 spiro atoms. The van der Waals surface area contributed by atoms with Crippen LogP contribution in [-0.4, -0.2) is 21.9 Å². The van der Waals surface area contributed by atoms with Crippen LogP contribution in [0.3, 0.4) is 0 Å². The van der Waals surface area contributed by atoms with Gasteiger partial charge in [0.25, 0.3) is 0 Å². The van der Waals surface area contributed by atoms with Crippen molar-refractivity contribution in [2.75, 3.05) is 11.1 Å². The van der Waals surface area contributed by atoms with Gasteiger partial charge in [0.05, 0.1) is 5.75 Å². The predicted octanol–water partition coefficient (Wildman–Crippen LogP) is 3.14. The molecule has 2 rings (SSSR count). The van der Waals surface area contributed by atoms with E-state index in [2.05, 4.69) is 22.4 Å². The van der Waals surface area contributed by atoms with Crippen molar-refractivity contribution in [3.05, 3.63) is 34.8 Å². The van der Waals surface area contributed by atoms with Crippen molar-refractivity contribution in [1.82, 2.24) is 10.2 Å². The number of hydrogen-bond acceptors (Lipinski definition) is 5. The number of carbonyl (C=O) groups excluding carboxylic acids is 1. The molecule has 0 aliphatic carbocycles. The van der Waals surface area contributed by atoms with Crippen molar-refractivity contribution >= 4 is 34.7 Å². The maximum atomic E-state index is 11.8. The zero-order valence-electron chi connectivity index (χ0n) is 10.8. The van der Waals surface area contributed by atoms with Crippen LogP contribution < -0.4 is 5.32 Å². The lowest BCUT2D eigenvalue weighted by Gasteiger charge is -2.04. The average Bonchev–Trinajstić information content (AvgIpc) is 2.83. The topological polar surface area (TPSA) is 54.9 Å². The van der Waals surface area contributed by atoms with Crippen molar-refractivity contribution in [1.29, 1.82) is 0 Å². The summed E-state index contributed by atoms with van der Waals surface area (Å²) in [5.74, 6) is 0.326. The largest absolute Gasteiger partial charge is 0.325 e. The maximum absolute atomic E-state index is 11.8. The highest BCUT2D eigenvalue weighted by Crippen LogP contribution is 2.21. The second-order valence-electron chi connectivity index (χ2n) is 3.97. The van der Waals surface area contributed by atoms with Gasteiger partial charge in [-0.3, -0.25) is 4.79 Å². The van der Waals surface area contributed by atoms with Crippen LogP contribution in [-0.2, 0) is 11.2 Å². The van der Waals surface area contributed by atoms with Gasteiger partial charge in [-0.2, -0.15) is 0 Å². The second kappa shape index (κ2) is 6.68. The highest BCUT2D eigenvalue weighted by Gasteiger charge is 2.06. The predicted molar refractivity (Wildman–Crippen MR) is 79.8 cm³/mol. The number of carbonyl (C=O) groups is 1. The Morgan fingerprint density at radius 1 is 1.32 bits per heavy atom. The Bertz CT molecular complexity index is 551. The fourth-order valence-corrected chi connectivity index (χ4v) is 3.10. The Hall–Kier alpha value is -1.40. The minimum Gasteiger partial charge on any atom is -0.325 e. The van der Waals surface area contributed by atoms with Crippen molar-refractivity contribution < 1.29 is 4.79 Å². The lowest BCUT2D eigenvalue weighted by molar-refractivity contribution is -0.113. The van der Waals surface area contributed by atoms with Crippen molar-refractivity contribution in [3.8, 4) is 0 Å². The Balaban J connectivity index is 1.83. The van der Waals surface area contributed by atoms with E-state index in [0.717, 1.165) is 21.5 Å². The van der Waals surface area contributed by atoms with Crippen molar-refractivity contribution in [2.45, 2.75) is 24.6 Å². The molecule has 0 unspecified atom stereocenters. The summed E-state index contributed by atoms with van der Waals surface area (Å²) in [5.41, 5.74) is 2.09. The van der Waals surface area contributed by atoms with Crippen LogP contribution in [0.15, 0.2) is 28.6 Å². The van der Waals surface area contributed by atoms with Gasteiger partial charge < -0.3 is 5.32 Å². The molecule has 0 bridgehead atoms. The fraction of sp³-hybridized carbons (Fsp3) is 0.308. The molecule has 1 aromatic heterocycles. The Morgan fingerprint density at radius 3 is 2.63 bits per heavy atom. The fourth-order valence-electron chi connectivity index (χ4n) is 1.48. The van der Waals surface area contributed by atoms with Crippen LogP contribution in [0.1, 0.15) is 17.5 Å². The molecule has 1 heterocycles. The third kappa shape index (κ3) is 4.33. The highest BCUT2D eigenvalue weighted by molar-refractivity contribution is 8.01. The molecule has 6 heteroatoms. The number of anilines is 1. The van der Waals surface area contributed by atoms with Crippen LogP contribution in [0, 0.1) is 6.92 Å². The third-order valence-electron chi connectivity index (χ3n) is 2.48.